The summed E-state index contributed by atoms with van der Waals surface area (Å²) in [6.07, 6.45) is 1.82. The van der Waals surface area contributed by atoms with E-state index in [1.165, 1.54) is 12.3 Å². The summed E-state index contributed by atoms with van der Waals surface area (Å²) in [6, 6.07) is 2.61. The van der Waals surface area contributed by atoms with Crippen molar-refractivity contribution in [2.75, 3.05) is 5.32 Å². The Labute approximate surface area is 110 Å². The zero-order chi connectivity index (χ0) is 13.7. The highest BCUT2D eigenvalue weighted by molar-refractivity contribution is 6.33. The summed E-state index contributed by atoms with van der Waals surface area (Å²) >= 11 is 5.92. The number of nitrogens with zero attached hydrogens (tertiary/aromatic N) is 2. The van der Waals surface area contributed by atoms with Crippen molar-refractivity contribution >= 4 is 23.4 Å². The molecule has 0 aliphatic heterocycles. The minimum absolute atomic E-state index is 0.232. The molecule has 0 spiro atoms. The number of hydrogen-bond acceptors (Lipinski definition) is 4. The van der Waals surface area contributed by atoms with Crippen molar-refractivity contribution in [2.24, 2.45) is 5.92 Å². The number of nitriles is 1. The van der Waals surface area contributed by atoms with Crippen molar-refractivity contribution in [1.82, 2.24) is 4.98 Å². The van der Waals surface area contributed by atoms with Gasteiger partial charge in [0.15, 0.2) is 0 Å². The van der Waals surface area contributed by atoms with Crippen LogP contribution in [0.5, 0.6) is 0 Å². The first-order valence-electron chi connectivity index (χ1n) is 5.49. The van der Waals surface area contributed by atoms with Crippen LogP contribution in [0.25, 0.3) is 0 Å². The number of carbonyl (C=O) groups is 1. The highest BCUT2D eigenvalue weighted by Gasteiger charge is 2.20. The minimum Gasteiger partial charge on any atom is -0.480 e. The highest BCUT2D eigenvalue weighted by Crippen LogP contribution is 2.21. The number of anilines is 1. The molecule has 0 radical (unpaired) electrons. The Kier molecular flexibility index (Phi) is 4.93. The molecule has 1 atom stereocenters. The lowest BCUT2D eigenvalue weighted by Crippen LogP contribution is -2.31. The van der Waals surface area contributed by atoms with Crippen molar-refractivity contribution in [3.8, 4) is 6.07 Å². The van der Waals surface area contributed by atoms with E-state index in [-0.39, 0.29) is 16.8 Å². The number of halogens is 1. The molecule has 0 bridgehead atoms. The second-order valence-electron chi connectivity index (χ2n) is 4.33. The van der Waals surface area contributed by atoms with E-state index < -0.39 is 12.0 Å². The van der Waals surface area contributed by atoms with Crippen LogP contribution in [0.2, 0.25) is 5.02 Å². The zero-order valence-electron chi connectivity index (χ0n) is 10.1. The van der Waals surface area contributed by atoms with Gasteiger partial charge < -0.3 is 10.4 Å². The predicted molar refractivity (Wildman–Crippen MR) is 68.5 cm³/mol. The van der Waals surface area contributed by atoms with Crippen LogP contribution >= 0.6 is 11.6 Å². The van der Waals surface area contributed by atoms with Crippen LogP contribution in [0.3, 0.4) is 0 Å². The van der Waals surface area contributed by atoms with Crippen molar-refractivity contribution < 1.29 is 9.90 Å². The zero-order valence-corrected chi connectivity index (χ0v) is 10.9. The van der Waals surface area contributed by atoms with Gasteiger partial charge >= 0.3 is 5.97 Å². The summed E-state index contributed by atoms with van der Waals surface area (Å²) < 4.78 is 0. The molecule has 0 aliphatic rings. The third-order valence-electron chi connectivity index (χ3n) is 2.29. The summed E-state index contributed by atoms with van der Waals surface area (Å²) in [5.74, 6) is -0.439. The van der Waals surface area contributed by atoms with Crippen molar-refractivity contribution in [3.63, 3.8) is 0 Å². The number of carboxylic acid groups (broad SMARTS) is 1. The van der Waals surface area contributed by atoms with Crippen molar-refractivity contribution in [2.45, 2.75) is 26.3 Å². The van der Waals surface area contributed by atoms with Gasteiger partial charge in [-0.25, -0.2) is 9.78 Å². The first-order chi connectivity index (χ1) is 8.43. The van der Waals surface area contributed by atoms with Gasteiger partial charge in [0.2, 0.25) is 0 Å². The fraction of sp³-hybridized carbons (Fsp3) is 0.417. The molecule has 18 heavy (non-hydrogen) atoms. The third-order valence-corrected chi connectivity index (χ3v) is 2.57. The van der Waals surface area contributed by atoms with Crippen LogP contribution in [-0.4, -0.2) is 22.1 Å². The number of nitrogens with one attached hydrogen (secondary N) is 1. The molecule has 0 saturated carbocycles. The molecule has 1 heterocycles. The van der Waals surface area contributed by atoms with Gasteiger partial charge in [0.25, 0.3) is 0 Å². The Hall–Kier alpha value is -1.80. The molecule has 0 saturated heterocycles. The van der Waals surface area contributed by atoms with E-state index in [9.17, 15) is 4.79 Å². The molecular formula is C12H14ClN3O2. The lowest BCUT2D eigenvalue weighted by atomic mass is 10.0. The van der Waals surface area contributed by atoms with E-state index in [2.05, 4.69) is 10.3 Å². The highest BCUT2D eigenvalue weighted by atomic mass is 35.5. The Balaban J connectivity index is 2.88. The first kappa shape index (κ1) is 14.3. The Morgan fingerprint density at radius 2 is 2.33 bits per heavy atom. The van der Waals surface area contributed by atoms with Crippen LogP contribution in [0, 0.1) is 17.2 Å². The molecule has 2 N–H and O–H groups in total. The van der Waals surface area contributed by atoms with Crippen LogP contribution in [0.15, 0.2) is 12.3 Å². The number of hydrogen-bond donors (Lipinski definition) is 2. The maximum Gasteiger partial charge on any atom is 0.326 e. The largest absolute Gasteiger partial charge is 0.480 e. The average molecular weight is 268 g/mol. The minimum atomic E-state index is -0.953. The monoisotopic (exact) mass is 267 g/mol. The molecule has 1 aromatic rings. The smallest absolute Gasteiger partial charge is 0.326 e. The van der Waals surface area contributed by atoms with E-state index in [0.29, 0.717) is 12.0 Å². The van der Waals surface area contributed by atoms with E-state index in [1.54, 1.807) is 0 Å². The van der Waals surface area contributed by atoms with Crippen LogP contribution in [0.4, 0.5) is 5.82 Å². The maximum absolute atomic E-state index is 11.1. The predicted octanol–water partition coefficient (Wildman–Crippen LogP) is 2.52. The van der Waals surface area contributed by atoms with Gasteiger partial charge in [-0.2, -0.15) is 5.26 Å². The molecule has 0 fully saturated rings. The van der Waals surface area contributed by atoms with Gasteiger partial charge in [-0.05, 0) is 18.4 Å². The lowest BCUT2D eigenvalue weighted by molar-refractivity contribution is -0.138. The van der Waals surface area contributed by atoms with Gasteiger partial charge in [0, 0.05) is 6.20 Å². The quantitative estimate of drug-likeness (QED) is 0.856. The van der Waals surface area contributed by atoms with E-state index in [4.69, 9.17) is 22.0 Å². The number of aromatic nitrogens is 1. The second kappa shape index (κ2) is 6.22. The molecular weight excluding hydrogens is 254 g/mol. The normalized spacial score (nSPS) is 11.9. The Morgan fingerprint density at radius 1 is 1.67 bits per heavy atom. The fourth-order valence-corrected chi connectivity index (χ4v) is 1.68. The standard InChI is InChI=1S/C12H14ClN3O2/c1-7(2)3-10(12(17)18)16-11-9(13)4-8(5-14)6-15-11/h4,6-7,10H,3H2,1-2H3,(H,15,16)(H,17,18). The van der Waals surface area contributed by atoms with E-state index >= 15 is 0 Å². The molecule has 1 unspecified atom stereocenters. The number of pyridine rings is 1. The van der Waals surface area contributed by atoms with Gasteiger partial charge in [0.1, 0.15) is 17.9 Å². The molecule has 0 aromatic carbocycles. The van der Waals surface area contributed by atoms with Gasteiger partial charge in [-0.1, -0.05) is 25.4 Å². The Morgan fingerprint density at radius 3 is 2.78 bits per heavy atom. The first-order valence-corrected chi connectivity index (χ1v) is 5.86. The summed E-state index contributed by atoms with van der Waals surface area (Å²) in [5.41, 5.74) is 0.335. The van der Waals surface area contributed by atoms with E-state index in [0.717, 1.165) is 0 Å². The van der Waals surface area contributed by atoms with Gasteiger partial charge in [-0.3, -0.25) is 0 Å². The topological polar surface area (TPSA) is 86.0 Å². The lowest BCUT2D eigenvalue weighted by Gasteiger charge is -2.17. The molecule has 6 heteroatoms. The fourth-order valence-electron chi connectivity index (χ4n) is 1.46. The molecule has 5 nitrogen and oxygen atoms in total. The number of rotatable bonds is 5. The summed E-state index contributed by atoms with van der Waals surface area (Å²) in [4.78, 5) is 15.0. The van der Waals surface area contributed by atoms with Crippen molar-refractivity contribution in [1.29, 1.82) is 5.26 Å². The molecule has 0 amide bonds. The summed E-state index contributed by atoms with van der Waals surface area (Å²) in [5, 5.41) is 20.8. The molecule has 0 aliphatic carbocycles. The van der Waals surface area contributed by atoms with Gasteiger partial charge in [0.05, 0.1) is 10.6 Å². The maximum atomic E-state index is 11.1. The second-order valence-corrected chi connectivity index (χ2v) is 4.74. The SMILES string of the molecule is CC(C)CC(Nc1ncc(C#N)cc1Cl)C(=O)O. The summed E-state index contributed by atoms with van der Waals surface area (Å²) in [6.45, 7) is 3.87. The number of aliphatic carboxylic acids is 1. The third kappa shape index (κ3) is 3.90. The van der Waals surface area contributed by atoms with Gasteiger partial charge in [-0.15, -0.1) is 0 Å². The van der Waals surface area contributed by atoms with Crippen LogP contribution in [0.1, 0.15) is 25.8 Å². The van der Waals surface area contributed by atoms with Crippen molar-refractivity contribution in [3.05, 3.63) is 22.8 Å². The number of carboxylic acids is 1. The average Bonchev–Trinajstić information content (AvgIpc) is 2.29. The molecule has 96 valence electrons. The summed E-state index contributed by atoms with van der Waals surface area (Å²) in [7, 11) is 0. The Bertz CT molecular complexity index is 483. The van der Waals surface area contributed by atoms with Crippen LogP contribution in [-0.2, 0) is 4.79 Å². The van der Waals surface area contributed by atoms with E-state index in [1.807, 2.05) is 19.9 Å². The van der Waals surface area contributed by atoms with Crippen LogP contribution < -0.4 is 5.32 Å². The molecule has 1 aromatic heterocycles. The molecule has 1 rings (SSSR count).